The van der Waals surface area contributed by atoms with Gasteiger partial charge in [-0.25, -0.2) is 0 Å². The summed E-state index contributed by atoms with van der Waals surface area (Å²) in [5.74, 6) is 1.37. The molecule has 1 N–H and O–H groups in total. The summed E-state index contributed by atoms with van der Waals surface area (Å²) in [4.78, 5) is 0. The van der Waals surface area contributed by atoms with Gasteiger partial charge in [-0.2, -0.15) is 0 Å². The van der Waals surface area contributed by atoms with Crippen LogP contribution < -0.4 is 9.47 Å². The maximum absolute atomic E-state index is 11.7. The molecule has 8 aromatic rings. The molecule has 0 saturated carbocycles. The number of benzene rings is 8. The van der Waals surface area contributed by atoms with Gasteiger partial charge in [0.25, 0.3) is 0 Å². The van der Waals surface area contributed by atoms with Crippen molar-refractivity contribution in [2.75, 3.05) is 13.7 Å². The smallest absolute Gasteiger partial charge is 0.197 e. The zero-order chi connectivity index (χ0) is 28.7. The van der Waals surface area contributed by atoms with Crippen molar-refractivity contribution in [3.05, 3.63) is 109 Å². The number of rotatable bonds is 5. The lowest BCUT2D eigenvalue weighted by Crippen LogP contribution is -2.57. The Morgan fingerprint density at radius 1 is 0.558 bits per heavy atom. The van der Waals surface area contributed by atoms with E-state index in [4.69, 9.17) is 18.9 Å². The molecule has 1 heterocycles. The van der Waals surface area contributed by atoms with Gasteiger partial charge in [-0.3, -0.25) is 0 Å². The van der Waals surface area contributed by atoms with Crippen molar-refractivity contribution in [1.82, 2.24) is 0 Å². The molecule has 0 unspecified atom stereocenters. The SMILES string of the molecule is CO[C@@H]1OC[C@@H](Oc2ccc3ccc4cccc5ccc2c3c45)[C@H](O)[C@H]1Oc1ccc2ccc3cccc4ccc1c2c34. The molecule has 5 heteroatoms. The molecule has 4 atom stereocenters. The van der Waals surface area contributed by atoms with E-state index in [2.05, 4.69) is 97.1 Å². The summed E-state index contributed by atoms with van der Waals surface area (Å²) in [7, 11) is 1.57. The van der Waals surface area contributed by atoms with Crippen LogP contribution in [0.3, 0.4) is 0 Å². The van der Waals surface area contributed by atoms with Gasteiger partial charge in [0.1, 0.15) is 17.6 Å². The third-order valence-corrected chi connectivity index (χ3v) is 9.16. The van der Waals surface area contributed by atoms with Gasteiger partial charge < -0.3 is 24.1 Å². The Bertz CT molecular complexity index is 2260. The van der Waals surface area contributed by atoms with Crippen LogP contribution in [-0.4, -0.2) is 43.4 Å². The molecule has 1 fully saturated rings. The molecule has 1 saturated heterocycles. The normalized spacial score (nSPS) is 21.2. The first-order valence-electron chi connectivity index (χ1n) is 14.7. The van der Waals surface area contributed by atoms with Crippen molar-refractivity contribution in [2.45, 2.75) is 24.6 Å². The molecular weight excluding hydrogens is 536 g/mol. The zero-order valence-corrected chi connectivity index (χ0v) is 23.5. The van der Waals surface area contributed by atoms with Crippen molar-refractivity contribution in [3.63, 3.8) is 0 Å². The average molecular weight is 565 g/mol. The quantitative estimate of drug-likeness (QED) is 0.215. The van der Waals surface area contributed by atoms with Crippen molar-refractivity contribution >= 4 is 64.6 Å². The Morgan fingerprint density at radius 3 is 1.51 bits per heavy atom. The number of aliphatic hydroxyl groups is 1. The molecule has 5 nitrogen and oxygen atoms in total. The second-order valence-electron chi connectivity index (χ2n) is 11.5. The fourth-order valence-corrected chi connectivity index (χ4v) is 7.12. The van der Waals surface area contributed by atoms with E-state index in [1.165, 1.54) is 32.3 Å². The van der Waals surface area contributed by atoms with E-state index in [0.29, 0.717) is 11.5 Å². The molecule has 210 valence electrons. The van der Waals surface area contributed by atoms with E-state index in [1.54, 1.807) is 7.11 Å². The molecule has 1 aliphatic heterocycles. The molecule has 0 aliphatic carbocycles. The third-order valence-electron chi connectivity index (χ3n) is 9.16. The summed E-state index contributed by atoms with van der Waals surface area (Å²) in [6.07, 6.45) is -3.22. The predicted molar refractivity (Wildman–Crippen MR) is 172 cm³/mol. The molecule has 43 heavy (non-hydrogen) atoms. The van der Waals surface area contributed by atoms with E-state index >= 15 is 0 Å². The summed E-state index contributed by atoms with van der Waals surface area (Å²) < 4.78 is 24.9. The molecule has 0 amide bonds. The van der Waals surface area contributed by atoms with Gasteiger partial charge in [0.05, 0.1) is 6.61 Å². The van der Waals surface area contributed by atoms with Crippen LogP contribution in [0.1, 0.15) is 0 Å². The van der Waals surface area contributed by atoms with Crippen LogP contribution in [0.15, 0.2) is 109 Å². The van der Waals surface area contributed by atoms with Crippen molar-refractivity contribution in [2.24, 2.45) is 0 Å². The lowest BCUT2D eigenvalue weighted by Gasteiger charge is -2.39. The van der Waals surface area contributed by atoms with Crippen LogP contribution in [0.5, 0.6) is 11.5 Å². The first-order valence-corrected chi connectivity index (χ1v) is 14.7. The fraction of sp³-hybridized carbons (Fsp3) is 0.158. The molecular formula is C38H28O5. The number of methoxy groups -OCH3 is 1. The summed E-state index contributed by atoms with van der Waals surface area (Å²) in [5, 5.41) is 25.5. The van der Waals surface area contributed by atoms with E-state index < -0.39 is 24.6 Å². The van der Waals surface area contributed by atoms with Crippen LogP contribution in [-0.2, 0) is 9.47 Å². The average Bonchev–Trinajstić information content (AvgIpc) is 3.05. The highest BCUT2D eigenvalue weighted by molar-refractivity contribution is 6.25. The van der Waals surface area contributed by atoms with Crippen LogP contribution in [0.4, 0.5) is 0 Å². The second kappa shape index (κ2) is 9.41. The highest BCUT2D eigenvalue weighted by Crippen LogP contribution is 2.41. The number of aliphatic hydroxyl groups excluding tert-OH is 1. The maximum atomic E-state index is 11.7. The van der Waals surface area contributed by atoms with E-state index in [0.717, 1.165) is 32.3 Å². The highest BCUT2D eigenvalue weighted by Gasteiger charge is 2.43. The molecule has 8 aromatic carbocycles. The predicted octanol–water partition coefficient (Wildman–Crippen LogP) is 8.04. The topological polar surface area (TPSA) is 57.2 Å². The van der Waals surface area contributed by atoms with E-state index in [1.807, 2.05) is 12.1 Å². The summed E-state index contributed by atoms with van der Waals surface area (Å²) in [6.45, 7) is 0.167. The molecule has 9 rings (SSSR count). The first kappa shape index (κ1) is 24.9. The maximum Gasteiger partial charge on any atom is 0.197 e. The Balaban J connectivity index is 1.09. The monoisotopic (exact) mass is 564 g/mol. The summed E-state index contributed by atoms with van der Waals surface area (Å²) >= 11 is 0. The van der Waals surface area contributed by atoms with Gasteiger partial charge in [0, 0.05) is 28.7 Å². The third kappa shape index (κ3) is 3.69. The van der Waals surface area contributed by atoms with E-state index in [9.17, 15) is 5.11 Å². The summed E-state index contributed by atoms with van der Waals surface area (Å²) in [6, 6.07) is 37.9. The van der Waals surface area contributed by atoms with Crippen LogP contribution in [0, 0.1) is 0 Å². The Hall–Kier alpha value is -4.68. The molecule has 0 radical (unpaired) electrons. The zero-order valence-electron chi connectivity index (χ0n) is 23.5. The minimum atomic E-state index is -1.00. The number of hydrogen-bond acceptors (Lipinski definition) is 5. The van der Waals surface area contributed by atoms with Crippen LogP contribution >= 0.6 is 0 Å². The van der Waals surface area contributed by atoms with Gasteiger partial charge in [0.2, 0.25) is 0 Å². The molecule has 1 aliphatic rings. The molecule has 0 bridgehead atoms. The lowest BCUT2D eigenvalue weighted by molar-refractivity contribution is -0.250. The van der Waals surface area contributed by atoms with Gasteiger partial charge in [0.15, 0.2) is 18.5 Å². The lowest BCUT2D eigenvalue weighted by atomic mass is 9.94. The van der Waals surface area contributed by atoms with Crippen molar-refractivity contribution in [1.29, 1.82) is 0 Å². The van der Waals surface area contributed by atoms with Crippen molar-refractivity contribution < 1.29 is 24.1 Å². The second-order valence-corrected chi connectivity index (χ2v) is 11.5. The minimum Gasteiger partial charge on any atom is -0.484 e. The Kier molecular flexibility index (Phi) is 5.45. The Labute approximate surface area is 247 Å². The van der Waals surface area contributed by atoms with Gasteiger partial charge in [-0.1, -0.05) is 84.9 Å². The van der Waals surface area contributed by atoms with Gasteiger partial charge >= 0.3 is 0 Å². The first-order chi connectivity index (χ1) is 21.2. The minimum absolute atomic E-state index is 0.167. The van der Waals surface area contributed by atoms with Crippen LogP contribution in [0.25, 0.3) is 64.6 Å². The largest absolute Gasteiger partial charge is 0.484 e. The highest BCUT2D eigenvalue weighted by atomic mass is 16.7. The molecule has 0 aromatic heterocycles. The van der Waals surface area contributed by atoms with E-state index in [-0.39, 0.29) is 6.61 Å². The van der Waals surface area contributed by atoms with Gasteiger partial charge in [-0.15, -0.1) is 0 Å². The number of hydrogen-bond donors (Lipinski definition) is 1. The Morgan fingerprint density at radius 2 is 1.00 bits per heavy atom. The standard InChI is InChI=1S/C38H28O5/c1-40-38-37(43-30-19-15-26-11-9-22-5-3-7-24-13-17-28(30)35(26)33(22)24)36(39)31(20-41-38)42-29-18-14-25-10-8-21-4-2-6-23-12-16-27(29)34(25)32(21)23/h2-19,31,36-39H,20H2,1H3/t31-,36+,37-,38-/m1/s1. The molecule has 0 spiro atoms. The number of ether oxygens (including phenoxy) is 4. The summed E-state index contributed by atoms with van der Waals surface area (Å²) in [5.41, 5.74) is 0. The fourth-order valence-electron chi connectivity index (χ4n) is 7.12. The van der Waals surface area contributed by atoms with Gasteiger partial charge in [-0.05, 0) is 67.4 Å². The van der Waals surface area contributed by atoms with Crippen molar-refractivity contribution in [3.8, 4) is 11.5 Å². The van der Waals surface area contributed by atoms with Crippen LogP contribution in [0.2, 0.25) is 0 Å².